The first-order valence-corrected chi connectivity index (χ1v) is 9.31. The number of carbonyl (C=O) groups is 1. The van der Waals surface area contributed by atoms with Crippen LogP contribution in [0.25, 0.3) is 17.1 Å². The molecular formula is C20H14F5N7O. The van der Waals surface area contributed by atoms with Crippen molar-refractivity contribution in [3.8, 4) is 17.1 Å². The number of para-hydroxylation sites is 1. The Morgan fingerprint density at radius 2 is 1.82 bits per heavy atom. The monoisotopic (exact) mass is 463 g/mol. The molecule has 0 spiro atoms. The average molecular weight is 463 g/mol. The predicted molar refractivity (Wildman–Crippen MR) is 106 cm³/mol. The molecule has 0 saturated carbocycles. The van der Waals surface area contributed by atoms with Gasteiger partial charge >= 0.3 is 6.18 Å². The van der Waals surface area contributed by atoms with Crippen molar-refractivity contribution < 1.29 is 26.7 Å². The number of nitrogens with zero attached hydrogens (tertiary/aromatic N) is 6. The van der Waals surface area contributed by atoms with Crippen molar-refractivity contribution in [3.05, 3.63) is 72.1 Å². The number of halogens is 5. The Labute approximate surface area is 182 Å². The Morgan fingerprint density at radius 1 is 1.06 bits per heavy atom. The van der Waals surface area contributed by atoms with E-state index in [0.29, 0.717) is 5.56 Å². The number of aromatic nitrogens is 6. The van der Waals surface area contributed by atoms with Gasteiger partial charge in [0.05, 0.1) is 29.3 Å². The number of aryl methyl sites for hydroxylation is 1. The zero-order valence-electron chi connectivity index (χ0n) is 16.8. The average Bonchev–Trinajstić information content (AvgIpc) is 3.42. The second-order valence-electron chi connectivity index (χ2n) is 6.81. The van der Waals surface area contributed by atoms with Crippen LogP contribution in [0, 0.1) is 0 Å². The zero-order valence-corrected chi connectivity index (χ0v) is 16.8. The largest absolute Gasteiger partial charge is 0.435 e. The van der Waals surface area contributed by atoms with Crippen LogP contribution >= 0.6 is 0 Å². The minimum Gasteiger partial charge on any atom is -0.321 e. The maximum absolute atomic E-state index is 13.2. The molecule has 1 aromatic carbocycles. The van der Waals surface area contributed by atoms with Gasteiger partial charge in [-0.25, -0.2) is 18.4 Å². The van der Waals surface area contributed by atoms with E-state index in [0.717, 1.165) is 21.6 Å². The highest BCUT2D eigenvalue weighted by Gasteiger charge is 2.33. The van der Waals surface area contributed by atoms with Crippen molar-refractivity contribution in [2.45, 2.75) is 12.6 Å². The highest BCUT2D eigenvalue weighted by atomic mass is 19.4. The standard InChI is InChI=1S/C20H14F5N7O/c1-31-10-12(17(30-31)18(21)22)19(33)28-13-5-3-2-4-11(13)14-8-27-16(9-26-14)32-7-6-15(29-32)20(23,24)25/h2-10,18H,1H3,(H,28,33). The summed E-state index contributed by atoms with van der Waals surface area (Å²) in [6, 6.07) is 7.27. The first-order valence-electron chi connectivity index (χ1n) is 9.31. The van der Waals surface area contributed by atoms with Gasteiger partial charge in [-0.1, -0.05) is 18.2 Å². The summed E-state index contributed by atoms with van der Waals surface area (Å²) in [6.07, 6.45) is -2.71. The Morgan fingerprint density at radius 3 is 2.45 bits per heavy atom. The molecule has 33 heavy (non-hydrogen) atoms. The number of anilines is 1. The van der Waals surface area contributed by atoms with E-state index >= 15 is 0 Å². The fourth-order valence-electron chi connectivity index (χ4n) is 3.03. The van der Waals surface area contributed by atoms with Crippen molar-refractivity contribution in [2.24, 2.45) is 7.05 Å². The summed E-state index contributed by atoms with van der Waals surface area (Å²) in [5.41, 5.74) is -1.01. The number of hydrogen-bond donors (Lipinski definition) is 1. The third-order valence-corrected chi connectivity index (χ3v) is 4.51. The number of benzene rings is 1. The second kappa shape index (κ2) is 8.41. The molecule has 4 rings (SSSR count). The molecular weight excluding hydrogens is 449 g/mol. The first-order chi connectivity index (χ1) is 15.6. The molecule has 0 fully saturated rings. The third kappa shape index (κ3) is 4.56. The molecule has 13 heteroatoms. The Kier molecular flexibility index (Phi) is 5.62. The van der Waals surface area contributed by atoms with Gasteiger partial charge in [-0.05, 0) is 12.1 Å². The number of nitrogens with one attached hydrogen (secondary N) is 1. The molecule has 4 aromatic rings. The SMILES string of the molecule is Cn1cc(C(=O)Nc2ccccc2-c2cnc(-n3ccc(C(F)(F)F)n3)cn2)c(C(F)F)n1. The lowest BCUT2D eigenvalue weighted by Gasteiger charge is -2.11. The summed E-state index contributed by atoms with van der Waals surface area (Å²) in [6.45, 7) is 0. The molecule has 1 N–H and O–H groups in total. The van der Waals surface area contributed by atoms with E-state index in [2.05, 4.69) is 25.5 Å². The third-order valence-electron chi connectivity index (χ3n) is 4.51. The lowest BCUT2D eigenvalue weighted by atomic mass is 10.1. The Balaban J connectivity index is 1.60. The van der Waals surface area contributed by atoms with Crippen molar-refractivity contribution in [1.82, 2.24) is 29.5 Å². The second-order valence-corrected chi connectivity index (χ2v) is 6.81. The molecule has 0 bridgehead atoms. The minimum absolute atomic E-state index is 0.0488. The van der Waals surface area contributed by atoms with E-state index in [9.17, 15) is 26.7 Å². The Bertz CT molecular complexity index is 1290. The molecule has 170 valence electrons. The van der Waals surface area contributed by atoms with Gasteiger partial charge < -0.3 is 5.32 Å². The van der Waals surface area contributed by atoms with Gasteiger partial charge in [0.1, 0.15) is 5.69 Å². The Hall–Kier alpha value is -4.16. The quantitative estimate of drug-likeness (QED) is 0.447. The molecule has 0 saturated heterocycles. The van der Waals surface area contributed by atoms with Crippen LogP contribution < -0.4 is 5.32 Å². The van der Waals surface area contributed by atoms with E-state index in [1.165, 1.54) is 25.6 Å². The molecule has 3 aromatic heterocycles. The van der Waals surface area contributed by atoms with Gasteiger partial charge in [-0.15, -0.1) is 0 Å². The van der Waals surface area contributed by atoms with E-state index in [4.69, 9.17) is 0 Å². The number of alkyl halides is 5. The number of amides is 1. The van der Waals surface area contributed by atoms with Gasteiger partial charge in [0.15, 0.2) is 11.5 Å². The van der Waals surface area contributed by atoms with Crippen LogP contribution in [0.15, 0.2) is 55.1 Å². The molecule has 0 aliphatic heterocycles. The van der Waals surface area contributed by atoms with Crippen LogP contribution in [0.4, 0.5) is 27.6 Å². The van der Waals surface area contributed by atoms with Gasteiger partial charge in [0.2, 0.25) is 0 Å². The normalized spacial score (nSPS) is 11.7. The number of carbonyl (C=O) groups excluding carboxylic acids is 1. The van der Waals surface area contributed by atoms with E-state index in [-0.39, 0.29) is 22.8 Å². The lowest BCUT2D eigenvalue weighted by Crippen LogP contribution is -2.14. The maximum atomic E-state index is 13.2. The predicted octanol–water partition coefficient (Wildman–Crippen LogP) is 4.27. The van der Waals surface area contributed by atoms with Crippen LogP contribution in [0.3, 0.4) is 0 Å². The van der Waals surface area contributed by atoms with Crippen molar-refractivity contribution in [2.75, 3.05) is 5.32 Å². The maximum Gasteiger partial charge on any atom is 0.435 e. The molecule has 0 radical (unpaired) electrons. The van der Waals surface area contributed by atoms with Crippen LogP contribution in [0.1, 0.15) is 28.2 Å². The molecule has 0 aliphatic rings. The number of rotatable bonds is 5. The molecule has 0 unspecified atom stereocenters. The summed E-state index contributed by atoms with van der Waals surface area (Å²) in [5, 5.41) is 9.61. The first kappa shape index (κ1) is 22.0. The van der Waals surface area contributed by atoms with Crippen molar-refractivity contribution in [1.29, 1.82) is 0 Å². The highest BCUT2D eigenvalue weighted by molar-refractivity contribution is 6.06. The molecule has 0 aliphatic carbocycles. The van der Waals surface area contributed by atoms with Gasteiger partial charge in [0.25, 0.3) is 12.3 Å². The summed E-state index contributed by atoms with van der Waals surface area (Å²) < 4.78 is 66.7. The molecule has 8 nitrogen and oxygen atoms in total. The van der Waals surface area contributed by atoms with Crippen LogP contribution in [0.5, 0.6) is 0 Å². The number of hydrogen-bond acceptors (Lipinski definition) is 5. The minimum atomic E-state index is -4.59. The topological polar surface area (TPSA) is 90.5 Å². The fraction of sp³-hybridized carbons (Fsp3) is 0.150. The van der Waals surface area contributed by atoms with Crippen LogP contribution in [0.2, 0.25) is 0 Å². The summed E-state index contributed by atoms with van der Waals surface area (Å²) in [4.78, 5) is 20.9. The summed E-state index contributed by atoms with van der Waals surface area (Å²) in [5.74, 6) is -0.737. The van der Waals surface area contributed by atoms with E-state index in [1.807, 2.05) is 0 Å². The smallest absolute Gasteiger partial charge is 0.321 e. The van der Waals surface area contributed by atoms with E-state index < -0.39 is 29.9 Å². The van der Waals surface area contributed by atoms with Gasteiger partial charge in [0, 0.05) is 25.0 Å². The van der Waals surface area contributed by atoms with Crippen molar-refractivity contribution >= 4 is 11.6 Å². The highest BCUT2D eigenvalue weighted by Crippen LogP contribution is 2.29. The summed E-state index contributed by atoms with van der Waals surface area (Å²) in [7, 11) is 1.42. The van der Waals surface area contributed by atoms with Gasteiger partial charge in [-0.3, -0.25) is 14.5 Å². The van der Waals surface area contributed by atoms with Crippen molar-refractivity contribution in [3.63, 3.8) is 0 Å². The summed E-state index contributed by atoms with van der Waals surface area (Å²) >= 11 is 0. The van der Waals surface area contributed by atoms with Crippen LogP contribution in [-0.4, -0.2) is 35.4 Å². The molecule has 3 heterocycles. The van der Waals surface area contributed by atoms with Crippen LogP contribution in [-0.2, 0) is 13.2 Å². The lowest BCUT2D eigenvalue weighted by molar-refractivity contribution is -0.141. The van der Waals surface area contributed by atoms with E-state index in [1.54, 1.807) is 24.3 Å². The zero-order chi connectivity index (χ0) is 23.8. The molecule has 1 amide bonds. The molecule has 0 atom stereocenters. The van der Waals surface area contributed by atoms with Gasteiger partial charge in [-0.2, -0.15) is 23.4 Å². The fourth-order valence-corrected chi connectivity index (χ4v) is 3.03.